The summed E-state index contributed by atoms with van der Waals surface area (Å²) in [6, 6.07) is 7.21. The molecule has 0 N–H and O–H groups in total. The number of benzene rings is 1. The van der Waals surface area contributed by atoms with Crippen molar-refractivity contribution in [3.63, 3.8) is 0 Å². The molecule has 1 aromatic rings. The molecule has 2 atom stereocenters. The highest BCUT2D eigenvalue weighted by molar-refractivity contribution is 5.95. The van der Waals surface area contributed by atoms with Crippen LogP contribution in [-0.4, -0.2) is 72.6 Å². The van der Waals surface area contributed by atoms with Crippen LogP contribution in [0, 0.1) is 0 Å². The van der Waals surface area contributed by atoms with Gasteiger partial charge in [0.15, 0.2) is 6.10 Å². The second-order valence-corrected chi connectivity index (χ2v) is 6.91. The molecule has 2 fully saturated rings. The number of rotatable bonds is 2. The van der Waals surface area contributed by atoms with Crippen LogP contribution in [0.3, 0.4) is 0 Å². The lowest BCUT2D eigenvalue weighted by Gasteiger charge is -2.37. The topological polar surface area (TPSA) is 76.2 Å². The van der Waals surface area contributed by atoms with E-state index in [1.54, 1.807) is 21.9 Å². The maximum absolute atomic E-state index is 12.8. The van der Waals surface area contributed by atoms with E-state index in [0.717, 1.165) is 18.4 Å². The van der Waals surface area contributed by atoms with Crippen LogP contribution in [-0.2, 0) is 25.5 Å². The van der Waals surface area contributed by atoms with Crippen LogP contribution < -0.4 is 0 Å². The third-order valence-corrected chi connectivity index (χ3v) is 5.28. The first-order valence-electron chi connectivity index (χ1n) is 9.11. The Bertz CT molecular complexity index is 720. The number of carbonyl (C=O) groups is 3. The Hall–Kier alpha value is -2.41. The Morgan fingerprint density at radius 1 is 0.962 bits per heavy atom. The Morgan fingerprint density at radius 3 is 2.27 bits per heavy atom. The molecule has 2 unspecified atom stereocenters. The van der Waals surface area contributed by atoms with E-state index >= 15 is 0 Å². The largest absolute Gasteiger partial charge is 0.448 e. The molecular weight excluding hydrogens is 336 g/mol. The van der Waals surface area contributed by atoms with Crippen LogP contribution in [0.4, 0.5) is 0 Å². The number of hydrogen-bond donors (Lipinski definition) is 0. The van der Waals surface area contributed by atoms with Crippen LogP contribution in [0.2, 0.25) is 0 Å². The van der Waals surface area contributed by atoms with Crippen molar-refractivity contribution in [3.8, 4) is 0 Å². The number of fused-ring (bicyclic) bond motifs is 1. The maximum Gasteiger partial charge on any atom is 0.339 e. The molecule has 3 aliphatic rings. The van der Waals surface area contributed by atoms with Gasteiger partial charge in [0.2, 0.25) is 0 Å². The molecule has 0 spiro atoms. The zero-order chi connectivity index (χ0) is 18.1. The summed E-state index contributed by atoms with van der Waals surface area (Å²) in [5.74, 6) is -0.609. The van der Waals surface area contributed by atoms with Gasteiger partial charge in [0.05, 0.1) is 5.56 Å². The van der Waals surface area contributed by atoms with Gasteiger partial charge in [0.25, 0.3) is 11.8 Å². The first-order valence-corrected chi connectivity index (χ1v) is 9.11. The highest BCUT2D eigenvalue weighted by Gasteiger charge is 2.36. The molecule has 0 aromatic heterocycles. The summed E-state index contributed by atoms with van der Waals surface area (Å²) in [5.41, 5.74) is 1.37. The summed E-state index contributed by atoms with van der Waals surface area (Å²) in [6.07, 6.45) is 0.986. The standard InChI is InChI=1S/C19H22N2O5/c22-17(15-6-3-11-25-15)20-7-9-21(10-8-20)18(23)16-12-13-4-1-2-5-14(13)19(24)26-16/h1-2,4-5,15-16H,3,6-12H2. The van der Waals surface area contributed by atoms with E-state index in [-0.39, 0.29) is 17.9 Å². The minimum absolute atomic E-state index is 0.0209. The fourth-order valence-electron chi connectivity index (χ4n) is 3.80. The predicted molar refractivity (Wildman–Crippen MR) is 91.5 cm³/mol. The second kappa shape index (κ2) is 7.07. The number of nitrogens with zero attached hydrogens (tertiary/aromatic N) is 2. The second-order valence-electron chi connectivity index (χ2n) is 6.91. The van der Waals surface area contributed by atoms with Crippen molar-refractivity contribution in [2.75, 3.05) is 32.8 Å². The number of cyclic esters (lactones) is 1. The molecule has 0 bridgehead atoms. The molecule has 4 rings (SSSR count). The summed E-state index contributed by atoms with van der Waals surface area (Å²) in [5, 5.41) is 0. The van der Waals surface area contributed by atoms with Gasteiger partial charge in [0.1, 0.15) is 6.10 Å². The normalized spacial score (nSPS) is 25.6. The fourth-order valence-corrected chi connectivity index (χ4v) is 3.80. The molecule has 1 aromatic carbocycles. The number of ether oxygens (including phenoxy) is 2. The Morgan fingerprint density at radius 2 is 1.62 bits per heavy atom. The summed E-state index contributed by atoms with van der Waals surface area (Å²) in [6.45, 7) is 2.52. The van der Waals surface area contributed by atoms with E-state index in [2.05, 4.69) is 0 Å². The van der Waals surface area contributed by atoms with Gasteiger partial charge < -0.3 is 19.3 Å². The van der Waals surface area contributed by atoms with E-state index < -0.39 is 12.1 Å². The highest BCUT2D eigenvalue weighted by Crippen LogP contribution is 2.22. The first kappa shape index (κ1) is 17.0. The molecule has 0 radical (unpaired) electrons. The van der Waals surface area contributed by atoms with Crippen molar-refractivity contribution in [3.05, 3.63) is 35.4 Å². The molecule has 138 valence electrons. The van der Waals surface area contributed by atoms with Crippen LogP contribution in [0.25, 0.3) is 0 Å². The molecule has 2 saturated heterocycles. The van der Waals surface area contributed by atoms with E-state index in [1.807, 2.05) is 12.1 Å². The highest BCUT2D eigenvalue weighted by atomic mass is 16.5. The molecule has 7 heteroatoms. The molecule has 26 heavy (non-hydrogen) atoms. The molecule has 3 aliphatic heterocycles. The van der Waals surface area contributed by atoms with Gasteiger partial charge in [0, 0.05) is 39.2 Å². The average Bonchev–Trinajstić information content (AvgIpc) is 3.22. The van der Waals surface area contributed by atoms with E-state index in [0.29, 0.717) is 44.8 Å². The number of hydrogen-bond acceptors (Lipinski definition) is 5. The first-order chi connectivity index (χ1) is 12.6. The molecule has 2 amide bonds. The lowest BCUT2D eigenvalue weighted by Crippen LogP contribution is -2.55. The average molecular weight is 358 g/mol. The molecule has 3 heterocycles. The number of esters is 1. The van der Waals surface area contributed by atoms with Crippen molar-refractivity contribution < 1.29 is 23.9 Å². The Labute approximate surface area is 151 Å². The number of piperazine rings is 1. The lowest BCUT2D eigenvalue weighted by molar-refractivity contribution is -0.149. The van der Waals surface area contributed by atoms with E-state index in [9.17, 15) is 14.4 Å². The van der Waals surface area contributed by atoms with Crippen molar-refractivity contribution in [1.82, 2.24) is 9.80 Å². The predicted octanol–water partition coefficient (Wildman–Crippen LogP) is 0.618. The smallest absolute Gasteiger partial charge is 0.339 e. The van der Waals surface area contributed by atoms with Crippen LogP contribution in [0.1, 0.15) is 28.8 Å². The zero-order valence-corrected chi connectivity index (χ0v) is 14.6. The monoisotopic (exact) mass is 358 g/mol. The quantitative estimate of drug-likeness (QED) is 0.725. The summed E-state index contributed by atoms with van der Waals surface area (Å²) in [7, 11) is 0. The summed E-state index contributed by atoms with van der Waals surface area (Å²) < 4.78 is 10.8. The number of carbonyl (C=O) groups excluding carboxylic acids is 3. The van der Waals surface area contributed by atoms with Crippen molar-refractivity contribution in [2.45, 2.75) is 31.5 Å². The van der Waals surface area contributed by atoms with Gasteiger partial charge in [-0.2, -0.15) is 0 Å². The van der Waals surface area contributed by atoms with E-state index in [4.69, 9.17) is 9.47 Å². The van der Waals surface area contributed by atoms with Crippen LogP contribution in [0.5, 0.6) is 0 Å². The Kier molecular flexibility index (Phi) is 4.63. The summed E-state index contributed by atoms with van der Waals surface area (Å²) in [4.78, 5) is 40.7. The minimum Gasteiger partial charge on any atom is -0.448 e. The third-order valence-electron chi connectivity index (χ3n) is 5.28. The van der Waals surface area contributed by atoms with Gasteiger partial charge >= 0.3 is 5.97 Å². The molecule has 0 saturated carbocycles. The van der Waals surface area contributed by atoms with Crippen LogP contribution in [0.15, 0.2) is 24.3 Å². The number of amides is 2. The van der Waals surface area contributed by atoms with Crippen molar-refractivity contribution in [2.24, 2.45) is 0 Å². The summed E-state index contributed by atoms with van der Waals surface area (Å²) >= 11 is 0. The van der Waals surface area contributed by atoms with Gasteiger partial charge in [-0.3, -0.25) is 9.59 Å². The Balaban J connectivity index is 1.35. The fraction of sp³-hybridized carbons (Fsp3) is 0.526. The SMILES string of the molecule is O=C1OC(C(=O)N2CCN(C(=O)C3CCCO3)CC2)Cc2ccccc21. The molecule has 0 aliphatic carbocycles. The molecular formula is C19H22N2O5. The third kappa shape index (κ3) is 3.19. The minimum atomic E-state index is -0.780. The van der Waals surface area contributed by atoms with Gasteiger partial charge in [-0.05, 0) is 24.5 Å². The maximum atomic E-state index is 12.8. The van der Waals surface area contributed by atoms with Crippen molar-refractivity contribution in [1.29, 1.82) is 0 Å². The van der Waals surface area contributed by atoms with Crippen molar-refractivity contribution >= 4 is 17.8 Å². The van der Waals surface area contributed by atoms with Gasteiger partial charge in [-0.15, -0.1) is 0 Å². The molecule has 7 nitrogen and oxygen atoms in total. The van der Waals surface area contributed by atoms with E-state index in [1.165, 1.54) is 0 Å². The van der Waals surface area contributed by atoms with Gasteiger partial charge in [-0.1, -0.05) is 18.2 Å². The van der Waals surface area contributed by atoms with Crippen LogP contribution >= 0.6 is 0 Å². The zero-order valence-electron chi connectivity index (χ0n) is 14.6. The van der Waals surface area contributed by atoms with Gasteiger partial charge in [-0.25, -0.2) is 4.79 Å². The lowest BCUT2D eigenvalue weighted by atomic mass is 9.98.